The van der Waals surface area contributed by atoms with Gasteiger partial charge in [-0.15, -0.1) is 0 Å². The molecule has 7 nitrogen and oxygen atoms in total. The van der Waals surface area contributed by atoms with Crippen LogP contribution in [0.1, 0.15) is 34.6 Å². The summed E-state index contributed by atoms with van der Waals surface area (Å²) in [5.41, 5.74) is 2.28. The van der Waals surface area contributed by atoms with Crippen molar-refractivity contribution in [3.05, 3.63) is 58.6 Å². The van der Waals surface area contributed by atoms with Gasteiger partial charge in [0.1, 0.15) is 0 Å². The van der Waals surface area contributed by atoms with Crippen LogP contribution in [0.15, 0.2) is 42.5 Å². The molecule has 0 aromatic heterocycles. The fourth-order valence-electron chi connectivity index (χ4n) is 3.94. The van der Waals surface area contributed by atoms with Gasteiger partial charge >= 0.3 is 6.03 Å². The van der Waals surface area contributed by atoms with Gasteiger partial charge in [0.2, 0.25) is 0 Å². The Labute approximate surface area is 186 Å². The average molecular weight is 441 g/mol. The summed E-state index contributed by atoms with van der Waals surface area (Å²) in [6.45, 7) is 6.85. The van der Waals surface area contributed by atoms with Crippen LogP contribution < -0.4 is 10.2 Å². The number of nitrogens with zero attached hydrogens (tertiary/aromatic N) is 3. The van der Waals surface area contributed by atoms with Crippen molar-refractivity contribution in [2.24, 2.45) is 5.92 Å². The molecule has 4 amide bonds. The summed E-state index contributed by atoms with van der Waals surface area (Å²) in [5, 5.41) is 3.55. The van der Waals surface area contributed by atoms with Crippen molar-refractivity contribution in [3.63, 3.8) is 0 Å². The van der Waals surface area contributed by atoms with E-state index in [4.69, 9.17) is 11.6 Å². The average Bonchev–Trinajstić information content (AvgIpc) is 2.98. The first-order valence-corrected chi connectivity index (χ1v) is 10.8. The number of halogens is 1. The lowest BCUT2D eigenvalue weighted by Crippen LogP contribution is -2.50. The minimum absolute atomic E-state index is 0.187. The minimum Gasteiger partial charge on any atom is -0.368 e. The molecule has 2 aromatic carbocycles. The number of nitrogens with one attached hydrogen (secondary N) is 1. The third-order valence-electron chi connectivity index (χ3n) is 5.51. The lowest BCUT2D eigenvalue weighted by molar-refractivity contribution is 0.0636. The number of carbonyl (C=O) groups is 3. The molecule has 31 heavy (non-hydrogen) atoms. The number of amides is 4. The predicted octanol–water partition coefficient (Wildman–Crippen LogP) is 3.95. The zero-order valence-corrected chi connectivity index (χ0v) is 18.4. The second-order valence-corrected chi connectivity index (χ2v) is 8.70. The Kier molecular flexibility index (Phi) is 5.87. The highest BCUT2D eigenvalue weighted by atomic mass is 35.5. The lowest BCUT2D eigenvalue weighted by Gasteiger charge is -2.36. The van der Waals surface area contributed by atoms with Crippen LogP contribution in [0, 0.1) is 5.92 Å². The topological polar surface area (TPSA) is 73.0 Å². The molecule has 1 N–H and O–H groups in total. The molecule has 0 spiro atoms. The minimum atomic E-state index is -0.306. The van der Waals surface area contributed by atoms with Crippen LogP contribution in [0.2, 0.25) is 5.02 Å². The smallest absolute Gasteiger partial charge is 0.321 e. The fraction of sp³-hybridized carbons (Fsp3) is 0.348. The van der Waals surface area contributed by atoms with Gasteiger partial charge in [-0.05, 0) is 42.3 Å². The molecule has 1 fully saturated rings. The third kappa shape index (κ3) is 4.37. The lowest BCUT2D eigenvalue weighted by atomic mass is 10.1. The number of hydrogen-bond donors (Lipinski definition) is 1. The highest BCUT2D eigenvalue weighted by Crippen LogP contribution is 2.27. The molecule has 0 radical (unpaired) electrons. The quantitative estimate of drug-likeness (QED) is 0.731. The van der Waals surface area contributed by atoms with E-state index in [1.807, 2.05) is 38.1 Å². The molecule has 0 aliphatic carbocycles. The number of imide groups is 1. The molecule has 0 atom stereocenters. The largest absolute Gasteiger partial charge is 0.368 e. The molecule has 1 saturated heterocycles. The number of rotatable bonds is 4. The van der Waals surface area contributed by atoms with Crippen molar-refractivity contribution in [3.8, 4) is 0 Å². The number of urea groups is 1. The number of benzene rings is 2. The van der Waals surface area contributed by atoms with Crippen LogP contribution in [0.5, 0.6) is 0 Å². The van der Waals surface area contributed by atoms with Gasteiger partial charge in [-0.3, -0.25) is 14.5 Å². The maximum atomic E-state index is 12.7. The summed E-state index contributed by atoms with van der Waals surface area (Å²) >= 11 is 6.08. The van der Waals surface area contributed by atoms with Gasteiger partial charge in [0.15, 0.2) is 0 Å². The molecule has 0 unspecified atom stereocenters. The van der Waals surface area contributed by atoms with Crippen LogP contribution in [-0.4, -0.2) is 60.4 Å². The van der Waals surface area contributed by atoms with Crippen LogP contribution in [-0.2, 0) is 0 Å². The van der Waals surface area contributed by atoms with Gasteiger partial charge in [0.05, 0.1) is 11.1 Å². The van der Waals surface area contributed by atoms with E-state index in [0.717, 1.165) is 5.69 Å². The van der Waals surface area contributed by atoms with Crippen LogP contribution >= 0.6 is 11.6 Å². The molecule has 8 heteroatoms. The summed E-state index contributed by atoms with van der Waals surface area (Å²) in [7, 11) is 0. The Morgan fingerprint density at radius 3 is 2.39 bits per heavy atom. The Hall–Kier alpha value is -3.06. The van der Waals surface area contributed by atoms with Crippen LogP contribution in [0.25, 0.3) is 0 Å². The van der Waals surface area contributed by atoms with E-state index in [2.05, 4.69) is 10.2 Å². The summed E-state index contributed by atoms with van der Waals surface area (Å²) in [4.78, 5) is 43.1. The summed E-state index contributed by atoms with van der Waals surface area (Å²) in [6.07, 6.45) is 0. The zero-order chi connectivity index (χ0) is 22.1. The van der Waals surface area contributed by atoms with E-state index in [1.165, 1.54) is 4.90 Å². The molecule has 2 aromatic rings. The highest BCUT2D eigenvalue weighted by molar-refractivity contribution is 6.30. The predicted molar refractivity (Wildman–Crippen MR) is 121 cm³/mol. The molecule has 0 saturated carbocycles. The molecule has 4 rings (SSSR count). The van der Waals surface area contributed by atoms with E-state index in [1.54, 1.807) is 23.1 Å². The summed E-state index contributed by atoms with van der Waals surface area (Å²) in [5.74, 6) is -0.393. The van der Waals surface area contributed by atoms with Crippen molar-refractivity contribution < 1.29 is 14.4 Å². The molecule has 2 aliphatic heterocycles. The van der Waals surface area contributed by atoms with E-state index >= 15 is 0 Å². The number of fused-ring (bicyclic) bond motifs is 1. The molecule has 2 aliphatic rings. The zero-order valence-electron chi connectivity index (χ0n) is 17.6. The monoisotopic (exact) mass is 440 g/mol. The third-order valence-corrected chi connectivity index (χ3v) is 5.75. The first kappa shape index (κ1) is 21.2. The van der Waals surface area contributed by atoms with Crippen molar-refractivity contribution in [2.75, 3.05) is 42.9 Å². The second-order valence-electron chi connectivity index (χ2n) is 8.26. The molecule has 0 bridgehead atoms. The summed E-state index contributed by atoms with van der Waals surface area (Å²) in [6, 6.07) is 12.3. The molecular formula is C23H25ClN4O3. The van der Waals surface area contributed by atoms with E-state index in [0.29, 0.717) is 54.6 Å². The van der Waals surface area contributed by atoms with Crippen molar-refractivity contribution >= 4 is 40.8 Å². The second kappa shape index (κ2) is 8.59. The van der Waals surface area contributed by atoms with Gasteiger partial charge in [0, 0.05) is 49.1 Å². The first-order chi connectivity index (χ1) is 14.8. The number of hydrogen-bond acceptors (Lipinski definition) is 4. The Morgan fingerprint density at radius 1 is 1.00 bits per heavy atom. The number of piperazine rings is 1. The molecule has 2 heterocycles. The highest BCUT2D eigenvalue weighted by Gasteiger charge is 2.36. The van der Waals surface area contributed by atoms with Crippen LogP contribution in [0.4, 0.5) is 16.2 Å². The first-order valence-electron chi connectivity index (χ1n) is 10.4. The standard InChI is InChI=1S/C23H25ClN4O3/c1-15(2)14-28-21(29)19-7-6-17(13-20(19)22(28)30)25-23(31)27-10-8-26(9-11-27)18-5-3-4-16(24)12-18/h3-7,12-13,15H,8-11,14H2,1-2H3,(H,25,31). The summed E-state index contributed by atoms with van der Waals surface area (Å²) < 4.78 is 0. The van der Waals surface area contributed by atoms with Gasteiger partial charge in [0.25, 0.3) is 11.8 Å². The fourth-order valence-corrected chi connectivity index (χ4v) is 4.13. The van der Waals surface area contributed by atoms with Gasteiger partial charge < -0.3 is 15.1 Å². The van der Waals surface area contributed by atoms with E-state index < -0.39 is 0 Å². The Bertz CT molecular complexity index is 1030. The van der Waals surface area contributed by atoms with Gasteiger partial charge in [-0.1, -0.05) is 31.5 Å². The SMILES string of the molecule is CC(C)CN1C(=O)c2ccc(NC(=O)N3CCN(c4cccc(Cl)c4)CC3)cc2C1=O. The maximum Gasteiger partial charge on any atom is 0.321 e. The van der Waals surface area contributed by atoms with E-state index in [-0.39, 0.29) is 23.8 Å². The van der Waals surface area contributed by atoms with E-state index in [9.17, 15) is 14.4 Å². The number of anilines is 2. The Balaban J connectivity index is 1.39. The van der Waals surface area contributed by atoms with Crippen molar-refractivity contribution in [2.45, 2.75) is 13.8 Å². The molecule has 162 valence electrons. The van der Waals surface area contributed by atoms with Gasteiger partial charge in [-0.25, -0.2) is 4.79 Å². The number of carbonyl (C=O) groups excluding carboxylic acids is 3. The van der Waals surface area contributed by atoms with Crippen molar-refractivity contribution in [1.29, 1.82) is 0 Å². The van der Waals surface area contributed by atoms with Gasteiger partial charge in [-0.2, -0.15) is 0 Å². The normalized spacial score (nSPS) is 16.2. The van der Waals surface area contributed by atoms with Crippen LogP contribution in [0.3, 0.4) is 0 Å². The Morgan fingerprint density at radius 2 is 1.71 bits per heavy atom. The molecular weight excluding hydrogens is 416 g/mol. The van der Waals surface area contributed by atoms with Crippen molar-refractivity contribution in [1.82, 2.24) is 9.80 Å². The maximum absolute atomic E-state index is 12.7.